The van der Waals surface area contributed by atoms with Gasteiger partial charge in [0.15, 0.2) is 0 Å². The van der Waals surface area contributed by atoms with Crippen LogP contribution in [0.2, 0.25) is 0 Å². The molecular weight excluding hydrogens is 190 g/mol. The fourth-order valence-electron chi connectivity index (χ4n) is 1.24. The number of ether oxygens (including phenoxy) is 1. The van der Waals surface area contributed by atoms with Crippen molar-refractivity contribution in [3.63, 3.8) is 0 Å². The van der Waals surface area contributed by atoms with E-state index in [0.717, 1.165) is 0 Å². The van der Waals surface area contributed by atoms with E-state index in [9.17, 15) is 4.79 Å². The monoisotopic (exact) mass is 203 g/mol. The molecule has 0 aliphatic carbocycles. The van der Waals surface area contributed by atoms with Crippen molar-refractivity contribution in [3.8, 4) is 18.1 Å². The van der Waals surface area contributed by atoms with E-state index in [1.54, 1.807) is 25.2 Å². The van der Waals surface area contributed by atoms with Gasteiger partial charge in [0, 0.05) is 7.05 Å². The zero-order chi connectivity index (χ0) is 11.3. The normalized spacial score (nSPS) is 9.13. The Hall–Kier alpha value is -1.95. The minimum atomic E-state index is -0.134. The molecule has 0 unspecified atom stereocenters. The van der Waals surface area contributed by atoms with Crippen LogP contribution in [-0.4, -0.2) is 31.5 Å². The lowest BCUT2D eigenvalue weighted by Gasteiger charge is -2.15. The number of methoxy groups -OCH3 is 1. The van der Waals surface area contributed by atoms with E-state index in [4.69, 9.17) is 11.2 Å². The molecule has 1 amide bonds. The van der Waals surface area contributed by atoms with E-state index < -0.39 is 0 Å². The number of rotatable bonds is 3. The van der Waals surface area contributed by atoms with Gasteiger partial charge in [-0.3, -0.25) is 4.79 Å². The van der Waals surface area contributed by atoms with Gasteiger partial charge in [-0.1, -0.05) is 18.1 Å². The van der Waals surface area contributed by atoms with Gasteiger partial charge in [-0.15, -0.1) is 6.42 Å². The Morgan fingerprint density at radius 2 is 2.20 bits per heavy atom. The lowest BCUT2D eigenvalue weighted by molar-refractivity contribution is 0.0809. The number of hydrogen-bond acceptors (Lipinski definition) is 2. The summed E-state index contributed by atoms with van der Waals surface area (Å²) >= 11 is 0. The van der Waals surface area contributed by atoms with Crippen molar-refractivity contribution in [3.05, 3.63) is 29.8 Å². The number of nitrogens with zero attached hydrogens (tertiary/aromatic N) is 1. The van der Waals surface area contributed by atoms with E-state index >= 15 is 0 Å². The minimum absolute atomic E-state index is 0.134. The van der Waals surface area contributed by atoms with E-state index in [1.165, 1.54) is 12.0 Å². The first-order chi connectivity index (χ1) is 7.20. The van der Waals surface area contributed by atoms with Gasteiger partial charge in [-0.2, -0.15) is 0 Å². The molecule has 1 rings (SSSR count). The van der Waals surface area contributed by atoms with Crippen molar-refractivity contribution >= 4 is 5.91 Å². The van der Waals surface area contributed by atoms with Gasteiger partial charge in [0.1, 0.15) is 5.75 Å². The summed E-state index contributed by atoms with van der Waals surface area (Å²) in [5, 5.41) is 0. The van der Waals surface area contributed by atoms with Crippen LogP contribution in [0, 0.1) is 12.3 Å². The summed E-state index contributed by atoms with van der Waals surface area (Å²) in [6.07, 6.45) is 5.14. The molecule has 0 aliphatic rings. The Kier molecular flexibility index (Phi) is 3.75. The summed E-state index contributed by atoms with van der Waals surface area (Å²) < 4.78 is 5.10. The number of amides is 1. The van der Waals surface area contributed by atoms with Gasteiger partial charge in [0.2, 0.25) is 0 Å². The maximum atomic E-state index is 11.9. The molecule has 1 aromatic carbocycles. The van der Waals surface area contributed by atoms with Gasteiger partial charge in [-0.05, 0) is 12.1 Å². The highest BCUT2D eigenvalue weighted by Gasteiger charge is 2.14. The highest BCUT2D eigenvalue weighted by Crippen LogP contribution is 2.18. The lowest BCUT2D eigenvalue weighted by Crippen LogP contribution is -2.27. The van der Waals surface area contributed by atoms with Crippen LogP contribution in [0.5, 0.6) is 5.75 Å². The van der Waals surface area contributed by atoms with Crippen LogP contribution in [0.4, 0.5) is 0 Å². The number of terminal acetylenes is 1. The molecule has 0 atom stereocenters. The Bertz CT molecular complexity index is 393. The Morgan fingerprint density at radius 1 is 1.53 bits per heavy atom. The number of carbonyl (C=O) groups is 1. The van der Waals surface area contributed by atoms with Gasteiger partial charge >= 0.3 is 0 Å². The van der Waals surface area contributed by atoms with Gasteiger partial charge < -0.3 is 9.64 Å². The van der Waals surface area contributed by atoms with E-state index in [0.29, 0.717) is 11.3 Å². The van der Waals surface area contributed by atoms with Crippen LogP contribution < -0.4 is 4.74 Å². The molecule has 0 aromatic heterocycles. The molecule has 15 heavy (non-hydrogen) atoms. The Labute approximate surface area is 89.7 Å². The predicted molar refractivity (Wildman–Crippen MR) is 58.8 cm³/mol. The summed E-state index contributed by atoms with van der Waals surface area (Å²) in [7, 11) is 3.20. The standard InChI is InChI=1S/C12H13NO2/c1-4-9-13(2)12(14)10-7-5-6-8-11(10)15-3/h1,5-8H,9H2,2-3H3. The third-order valence-corrected chi connectivity index (χ3v) is 2.01. The summed E-state index contributed by atoms with van der Waals surface area (Å²) in [5.41, 5.74) is 0.526. The van der Waals surface area contributed by atoms with Gasteiger partial charge in [0.05, 0.1) is 19.2 Å². The quantitative estimate of drug-likeness (QED) is 0.695. The first kappa shape index (κ1) is 11.1. The van der Waals surface area contributed by atoms with E-state index in [2.05, 4.69) is 5.92 Å². The van der Waals surface area contributed by atoms with Crippen molar-refractivity contribution in [2.75, 3.05) is 20.7 Å². The summed E-state index contributed by atoms with van der Waals surface area (Å²) in [6, 6.07) is 7.07. The second-order valence-corrected chi connectivity index (χ2v) is 3.07. The summed E-state index contributed by atoms with van der Waals surface area (Å²) in [6.45, 7) is 0.289. The van der Waals surface area contributed by atoms with E-state index in [-0.39, 0.29) is 12.5 Å². The number of para-hydroxylation sites is 1. The summed E-state index contributed by atoms with van der Waals surface area (Å²) in [5.74, 6) is 2.85. The van der Waals surface area contributed by atoms with Crippen LogP contribution in [0.3, 0.4) is 0 Å². The van der Waals surface area contributed by atoms with E-state index in [1.807, 2.05) is 6.07 Å². The molecule has 1 aromatic rings. The molecule has 3 nitrogen and oxygen atoms in total. The number of hydrogen-bond donors (Lipinski definition) is 0. The third kappa shape index (κ3) is 2.50. The maximum Gasteiger partial charge on any atom is 0.258 e. The first-order valence-electron chi connectivity index (χ1n) is 4.52. The second kappa shape index (κ2) is 5.06. The Morgan fingerprint density at radius 3 is 2.80 bits per heavy atom. The summed E-state index contributed by atoms with van der Waals surface area (Å²) in [4.78, 5) is 13.3. The molecule has 0 N–H and O–H groups in total. The molecule has 0 bridgehead atoms. The SMILES string of the molecule is C#CCN(C)C(=O)c1ccccc1OC. The van der Waals surface area contributed by atoms with Crippen LogP contribution in [0.25, 0.3) is 0 Å². The van der Waals surface area contributed by atoms with Crippen molar-refractivity contribution in [2.24, 2.45) is 0 Å². The predicted octanol–water partition coefficient (Wildman–Crippen LogP) is 1.40. The molecule has 0 heterocycles. The van der Waals surface area contributed by atoms with Crippen molar-refractivity contribution in [1.82, 2.24) is 4.90 Å². The van der Waals surface area contributed by atoms with Crippen LogP contribution in [0.15, 0.2) is 24.3 Å². The average molecular weight is 203 g/mol. The largest absolute Gasteiger partial charge is 0.496 e. The number of benzene rings is 1. The smallest absolute Gasteiger partial charge is 0.258 e. The molecule has 0 aliphatic heterocycles. The van der Waals surface area contributed by atoms with Crippen molar-refractivity contribution < 1.29 is 9.53 Å². The lowest BCUT2D eigenvalue weighted by atomic mass is 10.2. The molecule has 0 saturated carbocycles. The molecular formula is C12H13NO2. The second-order valence-electron chi connectivity index (χ2n) is 3.07. The van der Waals surface area contributed by atoms with Crippen LogP contribution >= 0.6 is 0 Å². The zero-order valence-electron chi connectivity index (χ0n) is 8.86. The van der Waals surface area contributed by atoms with Gasteiger partial charge in [0.25, 0.3) is 5.91 Å². The van der Waals surface area contributed by atoms with Crippen LogP contribution in [-0.2, 0) is 0 Å². The first-order valence-corrected chi connectivity index (χ1v) is 4.52. The third-order valence-electron chi connectivity index (χ3n) is 2.01. The van der Waals surface area contributed by atoms with Crippen molar-refractivity contribution in [1.29, 1.82) is 0 Å². The topological polar surface area (TPSA) is 29.5 Å². The van der Waals surface area contributed by atoms with Gasteiger partial charge in [-0.25, -0.2) is 0 Å². The molecule has 0 fully saturated rings. The molecule has 0 radical (unpaired) electrons. The fraction of sp³-hybridized carbons (Fsp3) is 0.250. The highest BCUT2D eigenvalue weighted by molar-refractivity contribution is 5.96. The molecule has 3 heteroatoms. The fourth-order valence-corrected chi connectivity index (χ4v) is 1.24. The van der Waals surface area contributed by atoms with Crippen LogP contribution in [0.1, 0.15) is 10.4 Å². The molecule has 0 spiro atoms. The molecule has 0 saturated heterocycles. The molecule has 78 valence electrons. The maximum absolute atomic E-state index is 11.9. The van der Waals surface area contributed by atoms with Crippen molar-refractivity contribution in [2.45, 2.75) is 0 Å². The Balaban J connectivity index is 2.96. The zero-order valence-corrected chi connectivity index (χ0v) is 8.86. The minimum Gasteiger partial charge on any atom is -0.496 e. The highest BCUT2D eigenvalue weighted by atomic mass is 16.5. The number of carbonyl (C=O) groups excluding carboxylic acids is 1. The average Bonchev–Trinajstić information content (AvgIpc) is 2.28.